The van der Waals surface area contributed by atoms with Gasteiger partial charge in [0, 0.05) is 29.1 Å². The van der Waals surface area contributed by atoms with Gasteiger partial charge in [-0.05, 0) is 74.1 Å². The molecule has 0 bridgehead atoms. The van der Waals surface area contributed by atoms with Gasteiger partial charge in [-0.1, -0.05) is 40.3 Å². The molecule has 1 N–H and O–H groups in total. The van der Waals surface area contributed by atoms with Crippen LogP contribution in [0.15, 0.2) is 59.0 Å². The minimum absolute atomic E-state index is 0.0784. The lowest BCUT2D eigenvalue weighted by molar-refractivity contribution is 0.303. The Balaban J connectivity index is 0.00000237. The highest BCUT2D eigenvalue weighted by Gasteiger charge is 2.21. The summed E-state index contributed by atoms with van der Waals surface area (Å²) in [5, 5.41) is 6.18. The molecule has 0 unspecified atom stereocenters. The number of nitrogens with zero attached hydrogens (tertiary/aromatic N) is 5. The molecule has 0 aliphatic rings. The van der Waals surface area contributed by atoms with Crippen molar-refractivity contribution in [2.75, 3.05) is 31.5 Å². The standard InChI is InChI=1S/C29H29F3N6O2.C2H6/c1-5-37(6-2)14-8-13-33-29-34-26(21-15-19(18(4)36-40)16-24(32)17(21)3)20-11-12-25(39)38(28(20)35-29)27-22(30)9-7-10-23(27)31;1-2/h7,9-12,15-16H,4-6,8,13-14H2,1-3H3,(H,33,34,35);1-2H3. The summed E-state index contributed by atoms with van der Waals surface area (Å²) in [6, 6.07) is 8.48. The molecule has 4 rings (SSSR count). The number of nitrogens with one attached hydrogen (secondary N) is 1. The second-order valence-electron chi connectivity index (χ2n) is 9.19. The SMILES string of the molecule is C=C(N=O)c1cc(F)c(C)c(-c2nc(NCCCN(CC)CC)nc3c2ccc(=O)n3-c2c(F)cccc2F)c1.CC. The average molecular weight is 581 g/mol. The molecule has 0 saturated heterocycles. The van der Waals surface area contributed by atoms with Crippen molar-refractivity contribution in [2.24, 2.45) is 5.18 Å². The fraction of sp³-hybridized carbons (Fsp3) is 0.323. The van der Waals surface area contributed by atoms with Crippen molar-refractivity contribution >= 4 is 22.7 Å². The van der Waals surface area contributed by atoms with Gasteiger partial charge in [0.1, 0.15) is 28.8 Å². The van der Waals surface area contributed by atoms with Crippen molar-refractivity contribution in [3.8, 4) is 16.9 Å². The minimum atomic E-state index is -0.957. The Morgan fingerprint density at radius 3 is 2.31 bits per heavy atom. The molecule has 0 atom stereocenters. The van der Waals surface area contributed by atoms with Crippen LogP contribution in [-0.2, 0) is 0 Å². The zero-order valence-electron chi connectivity index (χ0n) is 24.5. The highest BCUT2D eigenvalue weighted by Crippen LogP contribution is 2.34. The number of hydrogen-bond acceptors (Lipinski definition) is 7. The lowest BCUT2D eigenvalue weighted by atomic mass is 9.98. The molecule has 0 aliphatic carbocycles. The molecular formula is C31H35F3N6O2. The van der Waals surface area contributed by atoms with Crippen molar-refractivity contribution in [1.82, 2.24) is 19.4 Å². The molecule has 222 valence electrons. The Morgan fingerprint density at radius 1 is 1.02 bits per heavy atom. The van der Waals surface area contributed by atoms with Gasteiger partial charge in [-0.25, -0.2) is 18.2 Å². The molecule has 0 aliphatic heterocycles. The van der Waals surface area contributed by atoms with Crippen molar-refractivity contribution in [1.29, 1.82) is 0 Å². The van der Waals surface area contributed by atoms with Crippen LogP contribution in [0.3, 0.4) is 0 Å². The van der Waals surface area contributed by atoms with Crippen molar-refractivity contribution in [3.05, 3.63) is 92.9 Å². The van der Waals surface area contributed by atoms with Gasteiger partial charge in [0.05, 0.1) is 5.69 Å². The first-order valence-corrected chi connectivity index (χ1v) is 13.9. The predicted molar refractivity (Wildman–Crippen MR) is 162 cm³/mol. The summed E-state index contributed by atoms with van der Waals surface area (Å²) in [5.41, 5.74) is -0.763. The van der Waals surface area contributed by atoms with E-state index in [9.17, 15) is 18.5 Å². The molecule has 4 aromatic rings. The van der Waals surface area contributed by atoms with Crippen LogP contribution in [0.1, 0.15) is 45.2 Å². The zero-order valence-corrected chi connectivity index (χ0v) is 24.5. The van der Waals surface area contributed by atoms with Gasteiger partial charge in [0.25, 0.3) is 5.56 Å². The van der Waals surface area contributed by atoms with Gasteiger partial charge in [0.2, 0.25) is 5.95 Å². The predicted octanol–water partition coefficient (Wildman–Crippen LogP) is 7.08. The van der Waals surface area contributed by atoms with E-state index < -0.39 is 28.7 Å². The van der Waals surface area contributed by atoms with E-state index in [4.69, 9.17) is 0 Å². The topological polar surface area (TPSA) is 92.5 Å². The zero-order chi connectivity index (χ0) is 31.0. The van der Waals surface area contributed by atoms with Gasteiger partial charge < -0.3 is 10.2 Å². The maximum Gasteiger partial charge on any atom is 0.256 e. The first-order valence-electron chi connectivity index (χ1n) is 13.9. The van der Waals surface area contributed by atoms with Crippen LogP contribution in [-0.4, -0.2) is 45.6 Å². The molecular weight excluding hydrogens is 545 g/mol. The van der Waals surface area contributed by atoms with Gasteiger partial charge in [0.15, 0.2) is 5.65 Å². The molecule has 2 aromatic carbocycles. The fourth-order valence-electron chi connectivity index (χ4n) is 4.50. The molecule has 2 aromatic heterocycles. The summed E-state index contributed by atoms with van der Waals surface area (Å²) < 4.78 is 45.7. The van der Waals surface area contributed by atoms with E-state index in [-0.39, 0.29) is 45.1 Å². The molecule has 0 amide bonds. The summed E-state index contributed by atoms with van der Waals surface area (Å²) in [5.74, 6) is -2.47. The van der Waals surface area contributed by atoms with E-state index in [0.29, 0.717) is 6.54 Å². The Morgan fingerprint density at radius 2 is 1.69 bits per heavy atom. The first-order chi connectivity index (χ1) is 20.2. The largest absolute Gasteiger partial charge is 0.354 e. The quantitative estimate of drug-likeness (QED) is 0.151. The second kappa shape index (κ2) is 14.5. The van der Waals surface area contributed by atoms with Gasteiger partial charge >= 0.3 is 0 Å². The van der Waals surface area contributed by atoms with Crippen LogP contribution in [0.5, 0.6) is 0 Å². The lowest BCUT2D eigenvalue weighted by Crippen LogP contribution is -2.25. The Labute approximate surface area is 242 Å². The van der Waals surface area contributed by atoms with Gasteiger partial charge in [-0.15, -0.1) is 4.91 Å². The Kier molecular flexibility index (Phi) is 11.1. The maximum absolute atomic E-state index is 15.0. The number of anilines is 1. The van der Waals surface area contributed by atoms with Crippen LogP contribution in [0.4, 0.5) is 19.1 Å². The van der Waals surface area contributed by atoms with Crippen molar-refractivity contribution in [2.45, 2.75) is 41.0 Å². The second-order valence-corrected chi connectivity index (χ2v) is 9.19. The summed E-state index contributed by atoms with van der Waals surface area (Å²) >= 11 is 0. The van der Waals surface area contributed by atoms with E-state index in [1.807, 2.05) is 13.8 Å². The number of pyridine rings is 1. The Bertz CT molecular complexity index is 1630. The Hall–Kier alpha value is -4.38. The number of benzene rings is 2. The van der Waals surface area contributed by atoms with E-state index in [0.717, 1.165) is 54.9 Å². The molecule has 42 heavy (non-hydrogen) atoms. The molecule has 0 spiro atoms. The number of fused-ring (bicyclic) bond motifs is 1. The van der Waals surface area contributed by atoms with E-state index in [1.165, 1.54) is 25.1 Å². The van der Waals surface area contributed by atoms with E-state index >= 15 is 4.39 Å². The number of nitroso groups, excluding NO2 is 1. The van der Waals surface area contributed by atoms with Crippen LogP contribution in [0, 0.1) is 29.3 Å². The minimum Gasteiger partial charge on any atom is -0.354 e. The number of rotatable bonds is 11. The summed E-state index contributed by atoms with van der Waals surface area (Å²) in [7, 11) is 0. The summed E-state index contributed by atoms with van der Waals surface area (Å²) in [4.78, 5) is 35.5. The third kappa shape index (κ3) is 6.73. The normalized spacial score (nSPS) is 10.9. The summed E-state index contributed by atoms with van der Waals surface area (Å²) in [6.45, 7) is 16.3. The fourth-order valence-corrected chi connectivity index (χ4v) is 4.50. The van der Waals surface area contributed by atoms with Crippen LogP contribution in [0.2, 0.25) is 0 Å². The number of aromatic nitrogens is 3. The molecule has 2 heterocycles. The highest BCUT2D eigenvalue weighted by molar-refractivity contribution is 5.93. The van der Waals surface area contributed by atoms with Gasteiger partial charge in [-0.3, -0.25) is 9.36 Å². The monoisotopic (exact) mass is 580 g/mol. The van der Waals surface area contributed by atoms with Gasteiger partial charge in [-0.2, -0.15) is 4.98 Å². The van der Waals surface area contributed by atoms with Crippen LogP contribution >= 0.6 is 0 Å². The number of para-hydroxylation sites is 1. The van der Waals surface area contributed by atoms with Crippen molar-refractivity contribution in [3.63, 3.8) is 0 Å². The molecule has 11 heteroatoms. The number of hydrogen-bond donors (Lipinski definition) is 1. The first kappa shape index (κ1) is 32.1. The smallest absolute Gasteiger partial charge is 0.256 e. The highest BCUT2D eigenvalue weighted by atomic mass is 19.1. The van der Waals surface area contributed by atoms with E-state index in [1.54, 1.807) is 0 Å². The third-order valence-electron chi connectivity index (χ3n) is 6.78. The number of halogens is 3. The molecule has 0 saturated carbocycles. The molecule has 0 radical (unpaired) electrons. The van der Waals surface area contributed by atoms with Crippen LogP contribution < -0.4 is 10.9 Å². The van der Waals surface area contributed by atoms with E-state index in [2.05, 4.69) is 45.8 Å². The molecule has 0 fully saturated rings. The average Bonchev–Trinajstić information content (AvgIpc) is 2.99. The molecule has 8 nitrogen and oxygen atoms in total. The van der Waals surface area contributed by atoms with Crippen LogP contribution in [0.25, 0.3) is 33.7 Å². The van der Waals surface area contributed by atoms with Crippen molar-refractivity contribution < 1.29 is 13.2 Å². The lowest BCUT2D eigenvalue weighted by Gasteiger charge is -2.18. The summed E-state index contributed by atoms with van der Waals surface area (Å²) in [6.07, 6.45) is 0.746. The maximum atomic E-state index is 15.0. The third-order valence-corrected chi connectivity index (χ3v) is 6.78.